The maximum absolute atomic E-state index is 13.9. The summed E-state index contributed by atoms with van der Waals surface area (Å²) in [5.41, 5.74) is -0.496. The fourth-order valence-corrected chi connectivity index (χ4v) is 3.42. The molecule has 0 spiro atoms. The van der Waals surface area contributed by atoms with Crippen molar-refractivity contribution in [3.8, 4) is 16.9 Å². The highest BCUT2D eigenvalue weighted by Gasteiger charge is 2.30. The van der Waals surface area contributed by atoms with Gasteiger partial charge in [0.15, 0.2) is 6.10 Å². The van der Waals surface area contributed by atoms with E-state index in [9.17, 15) is 27.9 Å². The number of carbonyl (C=O) groups is 1. The smallest absolute Gasteiger partial charge is 0.284 e. The van der Waals surface area contributed by atoms with Crippen molar-refractivity contribution in [3.05, 3.63) is 63.7 Å². The molecule has 0 saturated heterocycles. The van der Waals surface area contributed by atoms with Crippen LogP contribution in [0.3, 0.4) is 0 Å². The predicted octanol–water partition coefficient (Wildman–Crippen LogP) is 3.13. The Morgan fingerprint density at radius 3 is 2.52 bits per heavy atom. The van der Waals surface area contributed by atoms with Crippen LogP contribution in [-0.2, 0) is 0 Å². The van der Waals surface area contributed by atoms with E-state index in [4.69, 9.17) is 11.6 Å². The number of hydrogen-bond donors (Lipinski definition) is 2. The van der Waals surface area contributed by atoms with Crippen LogP contribution >= 0.6 is 11.6 Å². The molecule has 2 atom stereocenters. The average molecular weight is 482 g/mol. The second-order valence-corrected chi connectivity index (χ2v) is 8.07. The summed E-state index contributed by atoms with van der Waals surface area (Å²) < 4.78 is 41.7. The van der Waals surface area contributed by atoms with Crippen LogP contribution in [-0.4, -0.2) is 49.4 Å². The lowest BCUT2D eigenvalue weighted by molar-refractivity contribution is -0.0551. The zero-order valence-corrected chi connectivity index (χ0v) is 17.8. The molecule has 1 aromatic carbocycles. The largest absolute Gasteiger partial charge is 0.382 e. The number of aliphatic hydroxyl groups is 1. The number of amides is 1. The van der Waals surface area contributed by atoms with E-state index in [2.05, 4.69) is 10.2 Å². The molecular formula is C21H19ClF3N5O3. The third-order valence-corrected chi connectivity index (χ3v) is 5.66. The van der Waals surface area contributed by atoms with Crippen molar-refractivity contribution < 1.29 is 23.1 Å². The summed E-state index contributed by atoms with van der Waals surface area (Å²) in [6, 6.07) is 7.71. The molecule has 0 radical (unpaired) electrons. The van der Waals surface area contributed by atoms with Crippen molar-refractivity contribution in [1.29, 1.82) is 0 Å². The Hall–Kier alpha value is -3.18. The molecule has 1 unspecified atom stereocenters. The summed E-state index contributed by atoms with van der Waals surface area (Å²) in [6.45, 7) is 0. The first-order chi connectivity index (χ1) is 15.7. The lowest BCUT2D eigenvalue weighted by Gasteiger charge is -2.25. The summed E-state index contributed by atoms with van der Waals surface area (Å²) in [5.74, 6) is -1.27. The Morgan fingerprint density at radius 2 is 1.91 bits per heavy atom. The van der Waals surface area contributed by atoms with Crippen molar-refractivity contribution in [3.63, 3.8) is 0 Å². The Labute approximate surface area is 190 Å². The Bertz CT molecular complexity index is 1210. The van der Waals surface area contributed by atoms with Crippen LogP contribution in [0.2, 0.25) is 5.02 Å². The third kappa shape index (κ3) is 4.79. The van der Waals surface area contributed by atoms with Crippen LogP contribution < -0.4 is 10.9 Å². The maximum Gasteiger partial charge on any atom is 0.284 e. The monoisotopic (exact) mass is 481 g/mol. The van der Waals surface area contributed by atoms with Crippen LogP contribution in [0, 0.1) is 0 Å². The number of nitrogens with one attached hydrogen (secondary N) is 1. The summed E-state index contributed by atoms with van der Waals surface area (Å²) in [6.07, 6.45) is -2.94. The number of aromatic nitrogens is 4. The minimum atomic E-state index is -3.42. The molecule has 1 amide bonds. The molecule has 1 aliphatic carbocycles. The number of alkyl halides is 3. The third-order valence-electron chi connectivity index (χ3n) is 5.40. The predicted molar refractivity (Wildman–Crippen MR) is 113 cm³/mol. The number of aliphatic hydroxyl groups excluding tert-OH is 1. The highest BCUT2D eigenvalue weighted by atomic mass is 35.5. The standard InChI is InChI=1S/C21H19ClF3N5O3/c22-12-6-4-11(5-7-12)16-8-15(20(32)27-19(25)17(31)18(23)24)21(33)30(28-16)14-9-26-29(10-14)13-2-1-3-13/h4-10,13,17-19,31H,1-3H2,(H,27,32)/t17-,19?/m1/s1. The zero-order valence-electron chi connectivity index (χ0n) is 17.0. The summed E-state index contributed by atoms with van der Waals surface area (Å²) >= 11 is 5.92. The van der Waals surface area contributed by atoms with Gasteiger partial charge >= 0.3 is 0 Å². The van der Waals surface area contributed by atoms with Gasteiger partial charge in [0.1, 0.15) is 11.3 Å². The van der Waals surface area contributed by atoms with Crippen molar-refractivity contribution in [1.82, 2.24) is 24.9 Å². The SMILES string of the molecule is O=C(NC(F)[C@H](O)C(F)F)c1cc(-c2ccc(Cl)cc2)nn(-c2cnn(C3CCC3)c2)c1=O. The van der Waals surface area contributed by atoms with Gasteiger partial charge in [-0.05, 0) is 37.5 Å². The van der Waals surface area contributed by atoms with Gasteiger partial charge in [-0.2, -0.15) is 14.9 Å². The first kappa shape index (κ1) is 23.0. The maximum atomic E-state index is 13.9. The van der Waals surface area contributed by atoms with Crippen LogP contribution in [0.5, 0.6) is 0 Å². The van der Waals surface area contributed by atoms with Crippen molar-refractivity contribution >= 4 is 17.5 Å². The first-order valence-corrected chi connectivity index (χ1v) is 10.5. The molecule has 4 rings (SSSR count). The number of carbonyl (C=O) groups excluding carboxylic acids is 1. The number of benzene rings is 1. The first-order valence-electron chi connectivity index (χ1n) is 10.1. The van der Waals surface area contributed by atoms with Gasteiger partial charge in [0.25, 0.3) is 17.9 Å². The molecule has 0 bridgehead atoms. The van der Waals surface area contributed by atoms with Gasteiger partial charge in [-0.1, -0.05) is 23.7 Å². The Balaban J connectivity index is 1.76. The number of nitrogens with zero attached hydrogens (tertiary/aromatic N) is 4. The van der Waals surface area contributed by atoms with Gasteiger partial charge in [0, 0.05) is 10.6 Å². The molecule has 174 valence electrons. The van der Waals surface area contributed by atoms with Gasteiger partial charge in [-0.3, -0.25) is 14.3 Å². The molecule has 2 heterocycles. The molecule has 2 N–H and O–H groups in total. The normalized spacial score (nSPS) is 15.8. The molecule has 1 fully saturated rings. The van der Waals surface area contributed by atoms with E-state index in [1.54, 1.807) is 40.5 Å². The van der Waals surface area contributed by atoms with E-state index in [0.717, 1.165) is 30.0 Å². The molecule has 8 nitrogen and oxygen atoms in total. The molecule has 1 aliphatic rings. The van der Waals surface area contributed by atoms with Gasteiger partial charge in [0.05, 0.1) is 24.1 Å². The summed E-state index contributed by atoms with van der Waals surface area (Å²) in [7, 11) is 0. The van der Waals surface area contributed by atoms with Crippen LogP contribution in [0.15, 0.2) is 47.5 Å². The molecule has 2 aromatic heterocycles. The summed E-state index contributed by atoms with van der Waals surface area (Å²) in [4.78, 5) is 25.6. The van der Waals surface area contributed by atoms with Gasteiger partial charge in [0.2, 0.25) is 6.30 Å². The van der Waals surface area contributed by atoms with Crippen LogP contribution in [0.25, 0.3) is 16.9 Å². The van der Waals surface area contributed by atoms with E-state index in [1.807, 2.05) is 0 Å². The second-order valence-electron chi connectivity index (χ2n) is 7.63. The summed E-state index contributed by atoms with van der Waals surface area (Å²) in [5, 5.41) is 19.8. The minimum Gasteiger partial charge on any atom is -0.382 e. The Kier molecular flexibility index (Phi) is 6.52. The number of hydrogen-bond acceptors (Lipinski definition) is 5. The quantitative estimate of drug-likeness (QED) is 0.505. The van der Waals surface area contributed by atoms with Crippen molar-refractivity contribution in [2.45, 2.75) is 44.1 Å². The lowest BCUT2D eigenvalue weighted by atomic mass is 9.93. The highest BCUT2D eigenvalue weighted by Crippen LogP contribution is 2.31. The molecular weight excluding hydrogens is 463 g/mol. The average Bonchev–Trinajstić information content (AvgIpc) is 3.21. The van der Waals surface area contributed by atoms with Crippen molar-refractivity contribution in [2.24, 2.45) is 0 Å². The van der Waals surface area contributed by atoms with Crippen molar-refractivity contribution in [2.75, 3.05) is 0 Å². The molecule has 33 heavy (non-hydrogen) atoms. The molecule has 0 aliphatic heterocycles. The van der Waals surface area contributed by atoms with Crippen LogP contribution in [0.1, 0.15) is 35.7 Å². The van der Waals surface area contributed by atoms with Crippen LogP contribution in [0.4, 0.5) is 13.2 Å². The molecule has 12 heteroatoms. The number of halogens is 4. The Morgan fingerprint density at radius 1 is 1.21 bits per heavy atom. The van der Waals surface area contributed by atoms with E-state index in [0.29, 0.717) is 10.6 Å². The lowest BCUT2D eigenvalue weighted by Crippen LogP contribution is -2.45. The molecule has 1 saturated carbocycles. The van der Waals surface area contributed by atoms with Gasteiger partial charge < -0.3 is 10.4 Å². The second kappa shape index (κ2) is 9.36. The fraction of sp³-hybridized carbons (Fsp3) is 0.333. The van der Waals surface area contributed by atoms with E-state index in [1.165, 1.54) is 6.20 Å². The minimum absolute atomic E-state index is 0.178. The van der Waals surface area contributed by atoms with E-state index >= 15 is 0 Å². The van der Waals surface area contributed by atoms with E-state index < -0.39 is 35.9 Å². The zero-order chi connectivity index (χ0) is 23.7. The van der Waals surface area contributed by atoms with Gasteiger partial charge in [-0.15, -0.1) is 0 Å². The van der Waals surface area contributed by atoms with Gasteiger partial charge in [-0.25, -0.2) is 13.2 Å². The van der Waals surface area contributed by atoms with E-state index in [-0.39, 0.29) is 17.4 Å². The number of rotatable bonds is 7. The topological polar surface area (TPSA) is 102 Å². The molecule has 3 aromatic rings. The highest BCUT2D eigenvalue weighted by molar-refractivity contribution is 6.30. The fourth-order valence-electron chi connectivity index (χ4n) is 3.30.